The Morgan fingerprint density at radius 2 is 1.62 bits per heavy atom. The summed E-state index contributed by atoms with van der Waals surface area (Å²) in [4.78, 5) is 31.1. The van der Waals surface area contributed by atoms with Crippen LogP contribution >= 0.6 is 0 Å². The van der Waals surface area contributed by atoms with Crippen molar-refractivity contribution in [2.75, 3.05) is 18.1 Å². The van der Waals surface area contributed by atoms with E-state index in [4.69, 9.17) is 4.74 Å². The first-order valence-corrected chi connectivity index (χ1v) is 11.7. The quantitative estimate of drug-likeness (QED) is 0.509. The minimum Gasteiger partial charge on any atom is -0.494 e. The van der Waals surface area contributed by atoms with Crippen LogP contribution in [0.2, 0.25) is 0 Å². The summed E-state index contributed by atoms with van der Waals surface area (Å²) in [5.41, 5.74) is 6.93. The van der Waals surface area contributed by atoms with Crippen LogP contribution in [0.1, 0.15) is 34.7 Å². The number of benzene rings is 3. The van der Waals surface area contributed by atoms with Gasteiger partial charge >= 0.3 is 0 Å². The molecule has 2 amide bonds. The first kappa shape index (κ1) is 22.0. The summed E-state index contributed by atoms with van der Waals surface area (Å²) < 4.78 is 5.54. The van der Waals surface area contributed by atoms with Crippen LogP contribution in [-0.4, -0.2) is 29.9 Å². The summed E-state index contributed by atoms with van der Waals surface area (Å²) in [6.07, 6.45) is 0.838. The first-order valence-electron chi connectivity index (χ1n) is 11.7. The Morgan fingerprint density at radius 1 is 0.882 bits per heavy atom. The number of ether oxygens (including phenoxy) is 1. The molecule has 0 radical (unpaired) electrons. The van der Waals surface area contributed by atoms with Crippen molar-refractivity contribution in [3.63, 3.8) is 0 Å². The maximum Gasteiger partial charge on any atom is 0.282 e. The number of anilines is 1. The van der Waals surface area contributed by atoms with Gasteiger partial charge in [0.15, 0.2) is 0 Å². The highest BCUT2D eigenvalue weighted by Gasteiger charge is 2.43. The molecule has 2 aliphatic heterocycles. The second-order valence-corrected chi connectivity index (χ2v) is 8.85. The van der Waals surface area contributed by atoms with Crippen molar-refractivity contribution in [1.82, 2.24) is 4.90 Å². The SMILES string of the molecule is CCOc1ccc(N2C(=O)C(c3ccc(C)cc3C)=C(N3CCc4ccccc4C3)C2=O)cc1. The largest absolute Gasteiger partial charge is 0.494 e. The second kappa shape index (κ2) is 8.82. The average Bonchev–Trinajstić information content (AvgIpc) is 3.09. The molecule has 34 heavy (non-hydrogen) atoms. The molecule has 5 rings (SSSR count). The smallest absolute Gasteiger partial charge is 0.282 e. The zero-order valence-electron chi connectivity index (χ0n) is 19.8. The average molecular weight is 453 g/mol. The third-order valence-electron chi connectivity index (χ3n) is 6.56. The molecule has 2 heterocycles. The molecule has 0 atom stereocenters. The number of fused-ring (bicyclic) bond motifs is 1. The normalized spacial score (nSPS) is 15.7. The van der Waals surface area contributed by atoms with Crippen molar-refractivity contribution in [2.45, 2.75) is 33.7 Å². The molecule has 0 saturated heterocycles. The van der Waals surface area contributed by atoms with E-state index in [-0.39, 0.29) is 11.8 Å². The number of aryl methyl sites for hydroxylation is 2. The second-order valence-electron chi connectivity index (χ2n) is 8.85. The molecule has 0 spiro atoms. The summed E-state index contributed by atoms with van der Waals surface area (Å²) in [5.74, 6) is 0.152. The van der Waals surface area contributed by atoms with Crippen LogP contribution in [0.25, 0.3) is 5.57 Å². The van der Waals surface area contributed by atoms with Gasteiger partial charge in [-0.05, 0) is 73.7 Å². The zero-order valence-corrected chi connectivity index (χ0v) is 19.8. The molecule has 172 valence electrons. The van der Waals surface area contributed by atoms with Gasteiger partial charge in [0, 0.05) is 13.1 Å². The standard InChI is InChI=1S/C29H28N2O3/c1-4-34-24-12-10-23(11-13-24)31-28(32)26(25-14-9-19(2)17-20(25)3)27(29(31)33)30-16-15-21-7-5-6-8-22(21)18-30/h5-14,17H,4,15-16,18H2,1-3H3. The molecule has 5 heteroatoms. The van der Waals surface area contributed by atoms with Crippen LogP contribution in [0.15, 0.2) is 72.4 Å². The maximum absolute atomic E-state index is 13.9. The molecule has 0 aromatic heterocycles. The highest BCUT2D eigenvalue weighted by Crippen LogP contribution is 2.38. The van der Waals surface area contributed by atoms with E-state index in [1.54, 1.807) is 24.3 Å². The third kappa shape index (κ3) is 3.77. The molecular formula is C29H28N2O3. The van der Waals surface area contributed by atoms with Gasteiger partial charge in [-0.25, -0.2) is 4.90 Å². The Hall–Kier alpha value is -3.86. The number of imide groups is 1. The summed E-state index contributed by atoms with van der Waals surface area (Å²) in [6, 6.07) is 21.5. The number of carbonyl (C=O) groups is 2. The Morgan fingerprint density at radius 3 is 2.32 bits per heavy atom. The number of rotatable bonds is 5. The molecule has 3 aromatic carbocycles. The lowest BCUT2D eigenvalue weighted by atomic mass is 9.95. The molecule has 2 aliphatic rings. The first-order chi connectivity index (χ1) is 16.5. The van der Waals surface area contributed by atoms with Gasteiger partial charge in [-0.3, -0.25) is 9.59 Å². The minimum absolute atomic E-state index is 0.275. The molecule has 0 unspecified atom stereocenters. The van der Waals surface area contributed by atoms with Gasteiger partial charge in [0.2, 0.25) is 0 Å². The number of carbonyl (C=O) groups excluding carboxylic acids is 2. The summed E-state index contributed by atoms with van der Waals surface area (Å²) in [6.45, 7) is 7.80. The van der Waals surface area contributed by atoms with Gasteiger partial charge < -0.3 is 9.64 Å². The molecule has 0 bridgehead atoms. The fourth-order valence-corrected chi connectivity index (χ4v) is 4.93. The van der Waals surface area contributed by atoms with Crippen molar-refractivity contribution in [3.05, 3.63) is 100 Å². The third-order valence-corrected chi connectivity index (χ3v) is 6.56. The Labute approximate surface area is 200 Å². The molecule has 0 N–H and O–H groups in total. The monoisotopic (exact) mass is 452 g/mol. The van der Waals surface area contributed by atoms with Crippen molar-refractivity contribution in [2.24, 2.45) is 0 Å². The Balaban J connectivity index is 1.60. The molecule has 0 saturated carbocycles. The van der Waals surface area contributed by atoms with Gasteiger partial charge in [0.05, 0.1) is 17.9 Å². The Kier molecular flexibility index (Phi) is 5.70. The van der Waals surface area contributed by atoms with E-state index < -0.39 is 0 Å². The molecule has 3 aromatic rings. The van der Waals surface area contributed by atoms with Crippen molar-refractivity contribution in [1.29, 1.82) is 0 Å². The lowest BCUT2D eigenvalue weighted by Gasteiger charge is -2.31. The van der Waals surface area contributed by atoms with Crippen LogP contribution in [0.5, 0.6) is 5.75 Å². The zero-order chi connectivity index (χ0) is 23.8. The van der Waals surface area contributed by atoms with Gasteiger partial charge in [-0.2, -0.15) is 0 Å². The number of amides is 2. The molecular weight excluding hydrogens is 424 g/mol. The molecule has 0 fully saturated rings. The van der Waals surface area contributed by atoms with E-state index in [9.17, 15) is 9.59 Å². The lowest BCUT2D eigenvalue weighted by Crippen LogP contribution is -2.37. The van der Waals surface area contributed by atoms with Crippen molar-refractivity contribution >= 4 is 23.1 Å². The van der Waals surface area contributed by atoms with Crippen LogP contribution in [0, 0.1) is 13.8 Å². The highest BCUT2D eigenvalue weighted by molar-refractivity contribution is 6.45. The summed E-state index contributed by atoms with van der Waals surface area (Å²) in [7, 11) is 0. The van der Waals surface area contributed by atoms with E-state index in [1.165, 1.54) is 16.0 Å². The van der Waals surface area contributed by atoms with Crippen LogP contribution in [-0.2, 0) is 22.6 Å². The van der Waals surface area contributed by atoms with Gasteiger partial charge in [0.1, 0.15) is 11.4 Å². The number of hydrogen-bond acceptors (Lipinski definition) is 4. The van der Waals surface area contributed by atoms with Gasteiger partial charge in [-0.1, -0.05) is 48.0 Å². The predicted molar refractivity (Wildman–Crippen MR) is 133 cm³/mol. The highest BCUT2D eigenvalue weighted by atomic mass is 16.5. The minimum atomic E-state index is -0.282. The van der Waals surface area contributed by atoms with Crippen molar-refractivity contribution in [3.8, 4) is 5.75 Å². The van der Waals surface area contributed by atoms with E-state index in [2.05, 4.69) is 23.1 Å². The Bertz CT molecular complexity index is 1310. The lowest BCUT2D eigenvalue weighted by molar-refractivity contribution is -0.120. The number of nitrogens with zero attached hydrogens (tertiary/aromatic N) is 2. The van der Waals surface area contributed by atoms with Crippen LogP contribution in [0.3, 0.4) is 0 Å². The van der Waals surface area contributed by atoms with Crippen LogP contribution in [0.4, 0.5) is 5.69 Å². The van der Waals surface area contributed by atoms with Crippen molar-refractivity contribution < 1.29 is 14.3 Å². The summed E-state index contributed by atoms with van der Waals surface area (Å²) in [5, 5.41) is 0. The van der Waals surface area contributed by atoms with Gasteiger partial charge in [0.25, 0.3) is 11.8 Å². The van der Waals surface area contributed by atoms with Crippen LogP contribution < -0.4 is 9.64 Å². The predicted octanol–water partition coefficient (Wildman–Crippen LogP) is 5.04. The fraction of sp³-hybridized carbons (Fsp3) is 0.241. The van der Waals surface area contributed by atoms with E-state index in [1.807, 2.05) is 45.0 Å². The van der Waals surface area contributed by atoms with E-state index in [0.29, 0.717) is 42.4 Å². The number of hydrogen-bond donors (Lipinski definition) is 0. The van der Waals surface area contributed by atoms with Gasteiger partial charge in [-0.15, -0.1) is 0 Å². The summed E-state index contributed by atoms with van der Waals surface area (Å²) >= 11 is 0. The fourth-order valence-electron chi connectivity index (χ4n) is 4.93. The molecule has 5 nitrogen and oxygen atoms in total. The molecule has 0 aliphatic carbocycles. The van der Waals surface area contributed by atoms with E-state index >= 15 is 0 Å². The topological polar surface area (TPSA) is 49.9 Å². The van der Waals surface area contributed by atoms with E-state index in [0.717, 1.165) is 23.1 Å². The maximum atomic E-state index is 13.9.